The summed E-state index contributed by atoms with van der Waals surface area (Å²) in [5.74, 6) is -1.05. The van der Waals surface area contributed by atoms with E-state index in [9.17, 15) is 23.2 Å². The maximum atomic E-state index is 13.6. The fourth-order valence-corrected chi connectivity index (χ4v) is 5.69. The maximum absolute atomic E-state index is 13.6. The summed E-state index contributed by atoms with van der Waals surface area (Å²) >= 11 is 0. The lowest BCUT2D eigenvalue weighted by atomic mass is 10.0. The van der Waals surface area contributed by atoms with Crippen LogP contribution in [0.1, 0.15) is 51.6 Å². The molecule has 16 nitrogen and oxygen atoms in total. The first-order valence-corrected chi connectivity index (χ1v) is 16.7. The van der Waals surface area contributed by atoms with Gasteiger partial charge in [0.05, 0.1) is 43.1 Å². The van der Waals surface area contributed by atoms with Crippen molar-refractivity contribution in [2.24, 2.45) is 0 Å². The summed E-state index contributed by atoms with van der Waals surface area (Å²) in [4.78, 5) is 55.3. The maximum Gasteiger partial charge on any atom is 0.409 e. The van der Waals surface area contributed by atoms with Gasteiger partial charge in [-0.05, 0) is 62.7 Å². The highest BCUT2D eigenvalue weighted by molar-refractivity contribution is 6.13. The van der Waals surface area contributed by atoms with Crippen LogP contribution in [0.2, 0.25) is 0 Å². The molecule has 53 heavy (non-hydrogen) atoms. The van der Waals surface area contributed by atoms with Crippen molar-refractivity contribution in [3.05, 3.63) is 82.7 Å². The van der Waals surface area contributed by atoms with E-state index in [2.05, 4.69) is 35.9 Å². The standard InChI is InChI=1S/C19H22FN5O4.C16H18FN5O2/c1-3-29-19(27)25-7-6-12(10-25)23-18-22-9-14(17(21)24-18)16(26)13-8-11(20)4-5-15(13)28-2;1-24-13-3-2-9(17)6-11(13)14(23)12-8-20-16(22-15(12)18)21-10-4-5-19-7-10/h4-5,8-9,12H,3,6-7,10H2,1-2H3,(H3,21,22,23,24);2-3,6,8,10,19H,4-5,7H2,1H3,(H3,18,20,21,22)/t12-;10-/m11/s1. The largest absolute Gasteiger partial charge is 0.496 e. The Labute approximate surface area is 303 Å². The number of hydrogen-bond acceptors (Lipinski definition) is 15. The molecule has 0 bridgehead atoms. The predicted molar refractivity (Wildman–Crippen MR) is 191 cm³/mol. The van der Waals surface area contributed by atoms with Crippen LogP contribution in [0.25, 0.3) is 0 Å². The summed E-state index contributed by atoms with van der Waals surface area (Å²) in [6.07, 6.45) is 3.94. The van der Waals surface area contributed by atoms with Crippen molar-refractivity contribution in [1.29, 1.82) is 0 Å². The minimum absolute atomic E-state index is 0.0318. The number of rotatable bonds is 11. The molecule has 2 aliphatic rings. The number of aromatic nitrogens is 4. The molecular weight excluding hydrogens is 694 g/mol. The second-order valence-electron chi connectivity index (χ2n) is 11.9. The molecule has 280 valence electrons. The Morgan fingerprint density at radius 2 is 1.36 bits per heavy atom. The van der Waals surface area contributed by atoms with E-state index in [4.69, 9.17) is 25.7 Å². The van der Waals surface area contributed by atoms with E-state index in [-0.39, 0.29) is 69.5 Å². The average molecular weight is 735 g/mol. The molecule has 0 radical (unpaired) electrons. The monoisotopic (exact) mass is 734 g/mol. The lowest BCUT2D eigenvalue weighted by molar-refractivity contribution is 0.102. The van der Waals surface area contributed by atoms with E-state index in [1.807, 2.05) is 0 Å². The number of ketones is 2. The minimum atomic E-state index is -0.570. The Morgan fingerprint density at radius 1 is 0.830 bits per heavy atom. The van der Waals surface area contributed by atoms with Crippen LogP contribution in [-0.4, -0.2) is 102 Å². The number of nitrogen functional groups attached to an aromatic ring is 2. The predicted octanol–water partition coefficient (Wildman–Crippen LogP) is 3.29. The molecule has 7 N–H and O–H groups in total. The van der Waals surface area contributed by atoms with E-state index in [0.29, 0.717) is 32.1 Å². The van der Waals surface area contributed by atoms with E-state index < -0.39 is 23.2 Å². The summed E-state index contributed by atoms with van der Waals surface area (Å²) in [6, 6.07) is 7.53. The Hall–Kier alpha value is -6.17. The number of benzene rings is 2. The van der Waals surface area contributed by atoms with Gasteiger partial charge in [-0.1, -0.05) is 0 Å². The molecule has 0 unspecified atom stereocenters. The summed E-state index contributed by atoms with van der Waals surface area (Å²) < 4.78 is 42.2. The van der Waals surface area contributed by atoms with Crippen molar-refractivity contribution in [1.82, 2.24) is 30.2 Å². The van der Waals surface area contributed by atoms with Crippen LogP contribution >= 0.6 is 0 Å². The summed E-state index contributed by atoms with van der Waals surface area (Å²) in [7, 11) is 2.80. The van der Waals surface area contributed by atoms with Gasteiger partial charge in [0.15, 0.2) is 0 Å². The summed E-state index contributed by atoms with van der Waals surface area (Å²) in [5, 5.41) is 9.48. The number of halogens is 2. The van der Waals surface area contributed by atoms with Gasteiger partial charge < -0.3 is 46.5 Å². The minimum Gasteiger partial charge on any atom is -0.496 e. The van der Waals surface area contributed by atoms with E-state index >= 15 is 0 Å². The number of anilines is 4. The Bertz CT molecular complexity index is 1960. The number of carbonyl (C=O) groups excluding carboxylic acids is 3. The Kier molecular flexibility index (Phi) is 12.5. The molecule has 2 aromatic carbocycles. The molecule has 2 aliphatic heterocycles. The average Bonchev–Trinajstić information content (AvgIpc) is 3.84. The van der Waals surface area contributed by atoms with Gasteiger partial charge in [0.2, 0.25) is 23.5 Å². The first-order valence-electron chi connectivity index (χ1n) is 16.7. The van der Waals surface area contributed by atoms with Gasteiger partial charge in [0, 0.05) is 44.1 Å². The lowest BCUT2D eigenvalue weighted by Crippen LogP contribution is -2.32. The van der Waals surface area contributed by atoms with Crippen LogP contribution < -0.4 is 36.9 Å². The van der Waals surface area contributed by atoms with Gasteiger partial charge in [0.25, 0.3) is 0 Å². The Balaban J connectivity index is 0.000000208. The molecule has 1 amide bonds. The third-order valence-electron chi connectivity index (χ3n) is 8.38. The zero-order valence-electron chi connectivity index (χ0n) is 29.3. The fraction of sp³-hybridized carbons (Fsp3) is 0.343. The van der Waals surface area contributed by atoms with Crippen LogP contribution in [0.3, 0.4) is 0 Å². The second-order valence-corrected chi connectivity index (χ2v) is 11.9. The molecule has 0 saturated carbocycles. The number of carbonyl (C=O) groups is 3. The Morgan fingerprint density at radius 3 is 1.81 bits per heavy atom. The van der Waals surface area contributed by atoms with E-state index in [1.165, 1.54) is 50.9 Å². The molecule has 18 heteroatoms. The van der Waals surface area contributed by atoms with Gasteiger partial charge in [-0.2, -0.15) is 9.97 Å². The molecule has 2 atom stereocenters. The highest BCUT2D eigenvalue weighted by atomic mass is 19.1. The topological polar surface area (TPSA) is 222 Å². The molecule has 4 heterocycles. The number of ether oxygens (including phenoxy) is 3. The third-order valence-corrected chi connectivity index (χ3v) is 8.38. The van der Waals surface area contributed by atoms with Crippen LogP contribution in [0.4, 0.5) is 37.1 Å². The molecule has 2 aromatic heterocycles. The first-order chi connectivity index (χ1) is 25.5. The highest BCUT2D eigenvalue weighted by Crippen LogP contribution is 2.26. The smallest absolute Gasteiger partial charge is 0.409 e. The van der Waals surface area contributed by atoms with Crippen molar-refractivity contribution < 1.29 is 37.4 Å². The summed E-state index contributed by atoms with van der Waals surface area (Å²) in [6.45, 7) is 4.83. The number of nitrogens with zero attached hydrogens (tertiary/aromatic N) is 5. The second kappa shape index (κ2) is 17.4. The van der Waals surface area contributed by atoms with Gasteiger partial charge in [-0.3, -0.25) is 9.59 Å². The normalized spacial score (nSPS) is 16.3. The molecular formula is C35H40F2N10O6. The molecule has 2 saturated heterocycles. The van der Waals surface area contributed by atoms with Gasteiger partial charge in [-0.15, -0.1) is 0 Å². The number of nitrogens with one attached hydrogen (secondary N) is 3. The van der Waals surface area contributed by atoms with Gasteiger partial charge >= 0.3 is 6.09 Å². The lowest BCUT2D eigenvalue weighted by Gasteiger charge is -2.16. The van der Waals surface area contributed by atoms with Crippen molar-refractivity contribution in [3.8, 4) is 11.5 Å². The molecule has 2 fully saturated rings. The molecule has 0 aliphatic carbocycles. The molecule has 4 aromatic rings. The van der Waals surface area contributed by atoms with Crippen LogP contribution in [-0.2, 0) is 4.74 Å². The van der Waals surface area contributed by atoms with E-state index in [1.54, 1.807) is 11.8 Å². The molecule has 6 rings (SSSR count). The van der Waals surface area contributed by atoms with Crippen molar-refractivity contribution in [2.75, 3.05) is 69.1 Å². The first kappa shape index (κ1) is 38.1. The van der Waals surface area contributed by atoms with Crippen LogP contribution in [0.5, 0.6) is 11.5 Å². The zero-order chi connectivity index (χ0) is 38.1. The third kappa shape index (κ3) is 9.39. The van der Waals surface area contributed by atoms with Crippen LogP contribution in [0.15, 0.2) is 48.8 Å². The van der Waals surface area contributed by atoms with Gasteiger partial charge in [-0.25, -0.2) is 23.5 Å². The number of methoxy groups -OCH3 is 2. The number of hydrogen-bond donors (Lipinski definition) is 5. The van der Waals surface area contributed by atoms with Crippen molar-refractivity contribution in [2.45, 2.75) is 31.8 Å². The SMILES string of the molecule is CCOC(=O)N1CC[C@@H](Nc2ncc(C(=O)c3cc(F)ccc3OC)c(N)n2)C1.COc1ccc(F)cc1C(=O)c1cnc(N[C@@H]2CCNC2)nc1N. The molecule has 0 spiro atoms. The quantitative estimate of drug-likeness (QED) is 0.140. The van der Waals surface area contributed by atoms with E-state index in [0.717, 1.165) is 31.6 Å². The zero-order valence-corrected chi connectivity index (χ0v) is 29.3. The number of amides is 1. The van der Waals surface area contributed by atoms with Gasteiger partial charge in [0.1, 0.15) is 34.8 Å². The summed E-state index contributed by atoms with van der Waals surface area (Å²) in [5.41, 5.74) is 12.1. The number of likely N-dealkylation sites (tertiary alicyclic amines) is 1. The fourth-order valence-electron chi connectivity index (χ4n) is 5.69. The van der Waals surface area contributed by atoms with Crippen molar-refractivity contribution >= 4 is 41.2 Å². The van der Waals surface area contributed by atoms with Crippen molar-refractivity contribution in [3.63, 3.8) is 0 Å². The van der Waals surface area contributed by atoms with Crippen LogP contribution in [0, 0.1) is 11.6 Å². The number of nitrogens with two attached hydrogens (primary N) is 2. The highest BCUT2D eigenvalue weighted by Gasteiger charge is 2.28.